The highest BCUT2D eigenvalue weighted by Gasteiger charge is 2.14. The van der Waals surface area contributed by atoms with E-state index in [1.165, 1.54) is 6.07 Å². The van der Waals surface area contributed by atoms with Crippen molar-refractivity contribution < 1.29 is 14.3 Å². The van der Waals surface area contributed by atoms with Crippen molar-refractivity contribution in [1.82, 2.24) is 5.32 Å². The number of amides is 1. The summed E-state index contributed by atoms with van der Waals surface area (Å²) in [6.45, 7) is 2.27. The lowest BCUT2D eigenvalue weighted by Gasteiger charge is -2.08. The molecule has 0 aromatic heterocycles. The first kappa shape index (κ1) is 15.3. The predicted molar refractivity (Wildman–Crippen MR) is 74.1 cm³/mol. The monoisotopic (exact) mass is 284 g/mol. The van der Waals surface area contributed by atoms with Crippen LogP contribution >= 0.6 is 11.6 Å². The zero-order valence-corrected chi connectivity index (χ0v) is 11.5. The van der Waals surface area contributed by atoms with Crippen LogP contribution in [0.5, 0.6) is 0 Å². The molecule has 0 saturated heterocycles. The number of hydrogen-bond donors (Lipinski definition) is 2. The first-order valence-electron chi connectivity index (χ1n) is 6.04. The Hall–Kier alpha value is -1.75. The average Bonchev–Trinajstić information content (AvgIpc) is 2.39. The van der Waals surface area contributed by atoms with E-state index in [1.807, 2.05) is 6.92 Å². The molecule has 0 bridgehead atoms. The molecule has 0 aliphatic rings. The fourth-order valence-corrected chi connectivity index (χ4v) is 1.55. The van der Waals surface area contributed by atoms with Crippen molar-refractivity contribution in [3.63, 3.8) is 0 Å². The summed E-state index contributed by atoms with van der Waals surface area (Å²) in [4.78, 5) is 23.1. The molecule has 0 fully saturated rings. The molecule has 104 valence electrons. The smallest absolute Gasteiger partial charge is 0.340 e. The minimum atomic E-state index is -0.661. The van der Waals surface area contributed by atoms with E-state index in [0.29, 0.717) is 6.54 Å². The summed E-state index contributed by atoms with van der Waals surface area (Å²) in [6, 6.07) is 4.67. The number of carbonyl (C=O) groups is 2. The van der Waals surface area contributed by atoms with E-state index in [1.54, 1.807) is 12.1 Å². The Morgan fingerprint density at radius 2 is 2.16 bits per heavy atom. The van der Waals surface area contributed by atoms with Crippen LogP contribution in [0.1, 0.15) is 30.1 Å². The van der Waals surface area contributed by atoms with Crippen molar-refractivity contribution in [2.75, 3.05) is 18.9 Å². The number of benzene rings is 1. The summed E-state index contributed by atoms with van der Waals surface area (Å²) >= 11 is 5.79. The van der Waals surface area contributed by atoms with Gasteiger partial charge in [-0.2, -0.15) is 0 Å². The topological polar surface area (TPSA) is 81.4 Å². The van der Waals surface area contributed by atoms with Gasteiger partial charge in [0.2, 0.25) is 0 Å². The van der Waals surface area contributed by atoms with E-state index in [-0.39, 0.29) is 28.8 Å². The molecular weight excluding hydrogens is 268 g/mol. The highest BCUT2D eigenvalue weighted by atomic mass is 35.5. The van der Waals surface area contributed by atoms with Crippen LogP contribution in [0.15, 0.2) is 18.2 Å². The van der Waals surface area contributed by atoms with Crippen LogP contribution in [0.25, 0.3) is 0 Å². The normalized spacial score (nSPS) is 10.0. The quantitative estimate of drug-likeness (QED) is 0.475. The average molecular weight is 285 g/mol. The van der Waals surface area contributed by atoms with E-state index < -0.39 is 5.97 Å². The predicted octanol–water partition coefficient (Wildman–Crippen LogP) is 2.00. The largest absolute Gasteiger partial charge is 0.452 e. The maximum Gasteiger partial charge on any atom is 0.340 e. The number of nitrogens with two attached hydrogens (primary N) is 1. The first-order valence-corrected chi connectivity index (χ1v) is 6.41. The third-order valence-electron chi connectivity index (χ3n) is 2.46. The molecule has 3 N–H and O–H groups in total. The van der Waals surface area contributed by atoms with Crippen LogP contribution in [0.3, 0.4) is 0 Å². The Balaban J connectivity index is 2.47. The molecule has 1 rings (SSSR count). The van der Waals surface area contributed by atoms with E-state index in [9.17, 15) is 9.59 Å². The number of anilines is 1. The third-order valence-corrected chi connectivity index (χ3v) is 2.79. The number of hydrogen-bond acceptors (Lipinski definition) is 4. The third kappa shape index (κ3) is 4.79. The summed E-state index contributed by atoms with van der Waals surface area (Å²) in [5, 5.41) is 2.92. The fraction of sp³-hybridized carbons (Fsp3) is 0.385. The SMILES string of the molecule is CCCCNC(=O)COC(=O)c1cccc(Cl)c1N. The minimum Gasteiger partial charge on any atom is -0.452 e. The molecule has 0 aliphatic heterocycles. The number of para-hydroxylation sites is 1. The molecule has 1 aromatic carbocycles. The summed E-state index contributed by atoms with van der Waals surface area (Å²) in [5.41, 5.74) is 5.97. The van der Waals surface area contributed by atoms with Gasteiger partial charge in [-0.15, -0.1) is 0 Å². The molecule has 0 aliphatic carbocycles. The van der Waals surface area contributed by atoms with Gasteiger partial charge in [0.15, 0.2) is 6.61 Å². The molecule has 0 radical (unpaired) electrons. The highest BCUT2D eigenvalue weighted by molar-refractivity contribution is 6.33. The number of nitrogens with one attached hydrogen (secondary N) is 1. The van der Waals surface area contributed by atoms with Crippen LogP contribution in [0, 0.1) is 0 Å². The van der Waals surface area contributed by atoms with Crippen molar-refractivity contribution in [2.45, 2.75) is 19.8 Å². The van der Waals surface area contributed by atoms with Gasteiger partial charge in [-0.25, -0.2) is 4.79 Å². The van der Waals surface area contributed by atoms with Gasteiger partial charge in [0, 0.05) is 6.54 Å². The number of unbranched alkanes of at least 4 members (excludes halogenated alkanes) is 1. The zero-order valence-electron chi connectivity index (χ0n) is 10.7. The van der Waals surface area contributed by atoms with E-state index in [2.05, 4.69) is 5.32 Å². The van der Waals surface area contributed by atoms with Gasteiger partial charge in [-0.1, -0.05) is 31.0 Å². The summed E-state index contributed by atoms with van der Waals surface area (Å²) in [7, 11) is 0. The second kappa shape index (κ2) is 7.63. The minimum absolute atomic E-state index is 0.153. The summed E-state index contributed by atoms with van der Waals surface area (Å²) < 4.78 is 4.87. The van der Waals surface area contributed by atoms with Crippen LogP contribution in [-0.4, -0.2) is 25.0 Å². The summed E-state index contributed by atoms with van der Waals surface area (Å²) in [6.07, 6.45) is 1.88. The van der Waals surface area contributed by atoms with Gasteiger partial charge in [0.05, 0.1) is 16.3 Å². The van der Waals surface area contributed by atoms with Crippen LogP contribution in [0.2, 0.25) is 5.02 Å². The van der Waals surface area contributed by atoms with Gasteiger partial charge in [0.25, 0.3) is 5.91 Å². The summed E-state index contributed by atoms with van der Waals surface area (Å²) in [5.74, 6) is -0.993. The number of nitrogen functional groups attached to an aromatic ring is 1. The number of carbonyl (C=O) groups excluding carboxylic acids is 2. The number of ether oxygens (including phenoxy) is 1. The Bertz CT molecular complexity index is 463. The molecule has 0 spiro atoms. The Morgan fingerprint density at radius 1 is 1.42 bits per heavy atom. The van der Waals surface area contributed by atoms with Gasteiger partial charge >= 0.3 is 5.97 Å². The van der Waals surface area contributed by atoms with Crippen molar-refractivity contribution in [3.8, 4) is 0 Å². The van der Waals surface area contributed by atoms with Crippen LogP contribution < -0.4 is 11.1 Å². The lowest BCUT2D eigenvalue weighted by molar-refractivity contribution is -0.124. The molecule has 0 heterocycles. The second-order valence-electron chi connectivity index (χ2n) is 3.98. The molecular formula is C13H17ClN2O3. The van der Waals surface area contributed by atoms with Gasteiger partial charge in [-0.05, 0) is 18.6 Å². The van der Waals surface area contributed by atoms with Gasteiger partial charge in [0.1, 0.15) is 0 Å². The lowest BCUT2D eigenvalue weighted by atomic mass is 10.2. The Morgan fingerprint density at radius 3 is 2.84 bits per heavy atom. The molecule has 0 saturated carbocycles. The number of halogens is 1. The molecule has 6 heteroatoms. The van der Waals surface area contributed by atoms with E-state index >= 15 is 0 Å². The van der Waals surface area contributed by atoms with Crippen molar-refractivity contribution in [1.29, 1.82) is 0 Å². The number of esters is 1. The second-order valence-corrected chi connectivity index (χ2v) is 4.39. The fourth-order valence-electron chi connectivity index (χ4n) is 1.38. The van der Waals surface area contributed by atoms with Gasteiger partial charge in [-0.3, -0.25) is 4.79 Å². The Kier molecular flexibility index (Phi) is 6.15. The van der Waals surface area contributed by atoms with Crippen LogP contribution in [-0.2, 0) is 9.53 Å². The highest BCUT2D eigenvalue weighted by Crippen LogP contribution is 2.22. The first-order chi connectivity index (χ1) is 9.06. The zero-order chi connectivity index (χ0) is 14.3. The standard InChI is InChI=1S/C13H17ClN2O3/c1-2-3-7-16-11(17)8-19-13(18)9-5-4-6-10(14)12(9)15/h4-6H,2-3,7-8,15H2,1H3,(H,16,17). The Labute approximate surface area is 117 Å². The number of rotatable bonds is 6. The van der Waals surface area contributed by atoms with Crippen molar-refractivity contribution in [3.05, 3.63) is 28.8 Å². The maximum absolute atomic E-state index is 11.7. The molecule has 1 amide bonds. The maximum atomic E-state index is 11.7. The van der Waals surface area contributed by atoms with E-state index in [0.717, 1.165) is 12.8 Å². The van der Waals surface area contributed by atoms with E-state index in [4.69, 9.17) is 22.1 Å². The molecule has 19 heavy (non-hydrogen) atoms. The van der Waals surface area contributed by atoms with Gasteiger partial charge < -0.3 is 15.8 Å². The molecule has 0 unspecified atom stereocenters. The molecule has 0 atom stereocenters. The van der Waals surface area contributed by atoms with Crippen molar-refractivity contribution in [2.24, 2.45) is 0 Å². The van der Waals surface area contributed by atoms with Crippen molar-refractivity contribution >= 4 is 29.2 Å². The molecule has 5 nitrogen and oxygen atoms in total. The van der Waals surface area contributed by atoms with Crippen LogP contribution in [0.4, 0.5) is 5.69 Å². The molecule has 1 aromatic rings. The lowest BCUT2D eigenvalue weighted by Crippen LogP contribution is -2.29.